The lowest BCUT2D eigenvalue weighted by Gasteiger charge is -2.32. The van der Waals surface area contributed by atoms with E-state index in [-0.39, 0.29) is 0 Å². The Bertz CT molecular complexity index is 761. The Balaban J connectivity index is 1.84. The number of hydrogen-bond donors (Lipinski definition) is 0. The van der Waals surface area contributed by atoms with Gasteiger partial charge in [-0.25, -0.2) is 0 Å². The fraction of sp³-hybridized carbons (Fsp3) is 0.583. The van der Waals surface area contributed by atoms with Crippen LogP contribution in [0.3, 0.4) is 0 Å². The SMILES string of the molecule is CCOc1c(CN2CCOCC2)c(CN2CCOCC2)c(OCC)c2ccccc12. The summed E-state index contributed by atoms with van der Waals surface area (Å²) in [5.74, 6) is 2.01. The van der Waals surface area contributed by atoms with Crippen LogP contribution in [-0.2, 0) is 22.6 Å². The molecule has 0 aliphatic carbocycles. The second-order valence-corrected chi connectivity index (χ2v) is 7.80. The van der Waals surface area contributed by atoms with Crippen molar-refractivity contribution >= 4 is 10.8 Å². The first-order valence-electron chi connectivity index (χ1n) is 11.2. The van der Waals surface area contributed by atoms with E-state index >= 15 is 0 Å². The van der Waals surface area contributed by atoms with Crippen molar-refractivity contribution in [2.45, 2.75) is 26.9 Å². The molecule has 164 valence electrons. The van der Waals surface area contributed by atoms with Gasteiger partial charge in [-0.15, -0.1) is 0 Å². The molecule has 2 fully saturated rings. The summed E-state index contributed by atoms with van der Waals surface area (Å²) in [5.41, 5.74) is 2.51. The Kier molecular flexibility index (Phi) is 7.44. The van der Waals surface area contributed by atoms with Gasteiger partial charge in [0.25, 0.3) is 0 Å². The summed E-state index contributed by atoms with van der Waals surface area (Å²) in [4.78, 5) is 4.93. The predicted molar refractivity (Wildman–Crippen MR) is 118 cm³/mol. The van der Waals surface area contributed by atoms with Gasteiger partial charge in [-0.05, 0) is 13.8 Å². The lowest BCUT2D eigenvalue weighted by molar-refractivity contribution is 0.0303. The number of ether oxygens (including phenoxy) is 4. The Morgan fingerprint density at radius 1 is 0.700 bits per heavy atom. The van der Waals surface area contributed by atoms with Crippen molar-refractivity contribution in [3.8, 4) is 11.5 Å². The van der Waals surface area contributed by atoms with Gasteiger partial charge in [-0.2, -0.15) is 0 Å². The molecule has 2 aromatic carbocycles. The van der Waals surface area contributed by atoms with Gasteiger partial charge in [0.2, 0.25) is 0 Å². The molecule has 2 heterocycles. The van der Waals surface area contributed by atoms with Crippen LogP contribution in [-0.4, -0.2) is 75.6 Å². The molecule has 0 unspecified atom stereocenters. The molecule has 0 atom stereocenters. The first-order valence-corrected chi connectivity index (χ1v) is 11.2. The Labute approximate surface area is 179 Å². The molecular weight excluding hydrogens is 380 g/mol. The van der Waals surface area contributed by atoms with Crippen LogP contribution < -0.4 is 9.47 Å². The normalized spacial score (nSPS) is 18.6. The maximum atomic E-state index is 6.30. The lowest BCUT2D eigenvalue weighted by atomic mass is 9.96. The number of rotatable bonds is 8. The molecule has 0 spiro atoms. The van der Waals surface area contributed by atoms with Gasteiger partial charge in [0.05, 0.1) is 39.6 Å². The molecule has 2 aliphatic rings. The van der Waals surface area contributed by atoms with E-state index in [2.05, 4.69) is 47.9 Å². The van der Waals surface area contributed by atoms with E-state index < -0.39 is 0 Å². The third kappa shape index (κ3) is 4.72. The first kappa shape index (κ1) is 21.4. The zero-order valence-corrected chi connectivity index (χ0v) is 18.3. The fourth-order valence-electron chi connectivity index (χ4n) is 4.40. The van der Waals surface area contributed by atoms with Crippen molar-refractivity contribution in [2.24, 2.45) is 0 Å². The molecule has 2 saturated heterocycles. The summed E-state index contributed by atoms with van der Waals surface area (Å²) in [6, 6.07) is 8.48. The minimum atomic E-state index is 0.644. The standard InChI is InChI=1S/C24H34N2O4/c1-3-29-23-19-7-5-6-8-20(19)24(30-4-2)22(18-26-11-15-28-16-12-26)21(23)17-25-9-13-27-14-10-25/h5-8H,3-4,9-18H2,1-2H3. The van der Waals surface area contributed by atoms with Crippen molar-refractivity contribution in [1.82, 2.24) is 9.80 Å². The van der Waals surface area contributed by atoms with Crippen LogP contribution in [0.4, 0.5) is 0 Å². The Morgan fingerprint density at radius 2 is 1.10 bits per heavy atom. The second-order valence-electron chi connectivity index (χ2n) is 7.80. The zero-order valence-electron chi connectivity index (χ0n) is 18.3. The van der Waals surface area contributed by atoms with Gasteiger partial charge >= 0.3 is 0 Å². The Morgan fingerprint density at radius 3 is 1.47 bits per heavy atom. The number of morpholine rings is 2. The van der Waals surface area contributed by atoms with Crippen LogP contribution in [0.5, 0.6) is 11.5 Å². The van der Waals surface area contributed by atoms with E-state index in [1.54, 1.807) is 0 Å². The average molecular weight is 415 g/mol. The molecule has 6 nitrogen and oxygen atoms in total. The van der Waals surface area contributed by atoms with Crippen LogP contribution in [0.25, 0.3) is 10.8 Å². The van der Waals surface area contributed by atoms with Gasteiger partial charge in [0, 0.05) is 61.2 Å². The first-order chi connectivity index (χ1) is 14.8. The highest BCUT2D eigenvalue weighted by Gasteiger charge is 2.25. The van der Waals surface area contributed by atoms with E-state index in [0.29, 0.717) is 13.2 Å². The zero-order chi connectivity index (χ0) is 20.8. The molecule has 2 aromatic rings. The molecule has 0 radical (unpaired) electrons. The minimum Gasteiger partial charge on any atom is -0.493 e. The van der Waals surface area contributed by atoms with E-state index in [1.165, 1.54) is 11.1 Å². The highest BCUT2D eigenvalue weighted by Crippen LogP contribution is 2.42. The van der Waals surface area contributed by atoms with Gasteiger partial charge in [-0.1, -0.05) is 24.3 Å². The quantitative estimate of drug-likeness (QED) is 0.660. The summed E-state index contributed by atoms with van der Waals surface area (Å²) in [6.45, 7) is 14.0. The van der Waals surface area contributed by atoms with Crippen LogP contribution in [0.2, 0.25) is 0 Å². The number of benzene rings is 2. The van der Waals surface area contributed by atoms with E-state index in [9.17, 15) is 0 Å². The van der Waals surface area contributed by atoms with Gasteiger partial charge < -0.3 is 18.9 Å². The minimum absolute atomic E-state index is 0.644. The maximum Gasteiger partial charge on any atom is 0.132 e. The van der Waals surface area contributed by atoms with Crippen molar-refractivity contribution in [1.29, 1.82) is 0 Å². The smallest absolute Gasteiger partial charge is 0.132 e. The van der Waals surface area contributed by atoms with Gasteiger partial charge in [0.15, 0.2) is 0 Å². The third-order valence-corrected chi connectivity index (χ3v) is 5.88. The van der Waals surface area contributed by atoms with E-state index in [1.807, 2.05) is 0 Å². The molecule has 0 bridgehead atoms. The van der Waals surface area contributed by atoms with Crippen LogP contribution in [0, 0.1) is 0 Å². The van der Waals surface area contributed by atoms with E-state index in [0.717, 1.165) is 88.0 Å². The van der Waals surface area contributed by atoms with Crippen LogP contribution >= 0.6 is 0 Å². The van der Waals surface area contributed by atoms with Crippen molar-refractivity contribution < 1.29 is 18.9 Å². The molecule has 6 heteroatoms. The summed E-state index contributed by atoms with van der Waals surface area (Å²) in [5, 5.41) is 2.27. The fourth-order valence-corrected chi connectivity index (χ4v) is 4.40. The summed E-state index contributed by atoms with van der Waals surface area (Å²) < 4.78 is 23.8. The molecule has 0 aromatic heterocycles. The summed E-state index contributed by atoms with van der Waals surface area (Å²) in [7, 11) is 0. The molecule has 0 N–H and O–H groups in total. The number of fused-ring (bicyclic) bond motifs is 1. The van der Waals surface area contributed by atoms with E-state index in [4.69, 9.17) is 18.9 Å². The third-order valence-electron chi connectivity index (χ3n) is 5.88. The van der Waals surface area contributed by atoms with Crippen molar-refractivity contribution in [3.05, 3.63) is 35.4 Å². The number of hydrogen-bond acceptors (Lipinski definition) is 6. The number of nitrogens with zero attached hydrogens (tertiary/aromatic N) is 2. The van der Waals surface area contributed by atoms with Crippen LogP contribution in [0.15, 0.2) is 24.3 Å². The topological polar surface area (TPSA) is 43.4 Å². The highest BCUT2D eigenvalue weighted by molar-refractivity contribution is 5.96. The maximum absolute atomic E-state index is 6.30. The summed E-state index contributed by atoms with van der Waals surface area (Å²) in [6.07, 6.45) is 0. The average Bonchev–Trinajstić information content (AvgIpc) is 2.79. The van der Waals surface area contributed by atoms with Gasteiger partial charge in [-0.3, -0.25) is 9.80 Å². The highest BCUT2D eigenvalue weighted by atomic mass is 16.5. The van der Waals surface area contributed by atoms with Crippen LogP contribution in [0.1, 0.15) is 25.0 Å². The lowest BCUT2D eigenvalue weighted by Crippen LogP contribution is -2.38. The molecule has 0 amide bonds. The largest absolute Gasteiger partial charge is 0.493 e. The molecule has 2 aliphatic heterocycles. The van der Waals surface area contributed by atoms with Crippen molar-refractivity contribution in [3.63, 3.8) is 0 Å². The predicted octanol–water partition coefficient (Wildman–Crippen LogP) is 3.30. The Hall–Kier alpha value is -1.86. The van der Waals surface area contributed by atoms with Gasteiger partial charge in [0.1, 0.15) is 11.5 Å². The van der Waals surface area contributed by atoms with Crippen molar-refractivity contribution in [2.75, 3.05) is 65.8 Å². The monoisotopic (exact) mass is 414 g/mol. The molecule has 30 heavy (non-hydrogen) atoms. The molecule has 0 saturated carbocycles. The summed E-state index contributed by atoms with van der Waals surface area (Å²) >= 11 is 0. The molecule has 4 rings (SSSR count). The molecular formula is C24H34N2O4. The second kappa shape index (κ2) is 10.4.